The molecule has 2 N–H and O–H groups in total. The molecule has 1 aromatic heterocycles. The van der Waals surface area contributed by atoms with Crippen molar-refractivity contribution in [3.05, 3.63) is 60.4 Å². The maximum Gasteiger partial charge on any atom is 0.274 e. The average molecular weight is 319 g/mol. The normalized spacial score (nSPS) is 12.9. The van der Waals surface area contributed by atoms with Gasteiger partial charge in [0.2, 0.25) is 0 Å². The van der Waals surface area contributed by atoms with E-state index >= 15 is 0 Å². The molecule has 6 nitrogen and oxygen atoms in total. The Hall–Kier alpha value is -3.41. The summed E-state index contributed by atoms with van der Waals surface area (Å²) in [6.07, 6.45) is 1.61. The summed E-state index contributed by atoms with van der Waals surface area (Å²) in [5, 5.41) is 7.27. The van der Waals surface area contributed by atoms with Crippen molar-refractivity contribution in [1.82, 2.24) is 4.98 Å². The second kappa shape index (κ2) is 5.66. The summed E-state index contributed by atoms with van der Waals surface area (Å²) in [5.41, 5.74) is 1.53. The zero-order chi connectivity index (χ0) is 16.5. The lowest BCUT2D eigenvalue weighted by Gasteiger charge is -2.18. The van der Waals surface area contributed by atoms with Crippen molar-refractivity contribution in [3.63, 3.8) is 0 Å². The minimum atomic E-state index is -0.299. The molecular weight excluding hydrogens is 306 g/mol. The van der Waals surface area contributed by atoms with Crippen LogP contribution in [0, 0.1) is 0 Å². The highest BCUT2D eigenvalue weighted by atomic mass is 16.5. The fourth-order valence-corrected chi connectivity index (χ4v) is 2.64. The highest BCUT2D eigenvalue weighted by molar-refractivity contribution is 6.11. The molecule has 3 aromatic rings. The number of pyridine rings is 1. The van der Waals surface area contributed by atoms with E-state index in [0.717, 1.165) is 10.8 Å². The van der Waals surface area contributed by atoms with Crippen LogP contribution in [0.3, 0.4) is 0 Å². The number of carbonyl (C=O) groups excluding carboxylic acids is 2. The van der Waals surface area contributed by atoms with Crippen molar-refractivity contribution in [3.8, 4) is 5.75 Å². The quantitative estimate of drug-likeness (QED) is 0.761. The summed E-state index contributed by atoms with van der Waals surface area (Å²) in [4.78, 5) is 28.0. The molecule has 2 heterocycles. The van der Waals surface area contributed by atoms with E-state index in [-0.39, 0.29) is 18.4 Å². The van der Waals surface area contributed by atoms with Gasteiger partial charge in [-0.3, -0.25) is 14.6 Å². The summed E-state index contributed by atoms with van der Waals surface area (Å²) >= 11 is 0. The van der Waals surface area contributed by atoms with E-state index in [1.54, 1.807) is 24.4 Å². The zero-order valence-corrected chi connectivity index (χ0v) is 12.6. The molecule has 1 aliphatic rings. The smallest absolute Gasteiger partial charge is 0.274 e. The fraction of sp³-hybridized carbons (Fsp3) is 0.0556. The van der Waals surface area contributed by atoms with E-state index in [9.17, 15) is 9.59 Å². The Kier molecular flexibility index (Phi) is 3.35. The molecule has 0 spiro atoms. The molecule has 0 bridgehead atoms. The number of hydrogen-bond acceptors (Lipinski definition) is 4. The Bertz CT molecular complexity index is 963. The molecule has 0 radical (unpaired) electrons. The monoisotopic (exact) mass is 319 g/mol. The summed E-state index contributed by atoms with van der Waals surface area (Å²) in [6.45, 7) is -0.0325. The first-order chi connectivity index (χ1) is 11.7. The molecule has 0 atom stereocenters. The van der Waals surface area contributed by atoms with Gasteiger partial charge in [-0.25, -0.2) is 0 Å². The van der Waals surface area contributed by atoms with Crippen LogP contribution in [0.25, 0.3) is 10.8 Å². The van der Waals surface area contributed by atoms with Crippen molar-refractivity contribution >= 4 is 34.0 Å². The highest BCUT2D eigenvalue weighted by Crippen LogP contribution is 2.30. The van der Waals surface area contributed by atoms with Gasteiger partial charge >= 0.3 is 0 Å². The fourth-order valence-electron chi connectivity index (χ4n) is 2.64. The van der Waals surface area contributed by atoms with Gasteiger partial charge in [-0.15, -0.1) is 0 Å². The van der Waals surface area contributed by atoms with Crippen molar-refractivity contribution < 1.29 is 14.3 Å². The van der Waals surface area contributed by atoms with Gasteiger partial charge in [-0.2, -0.15) is 0 Å². The Morgan fingerprint density at radius 1 is 1.17 bits per heavy atom. The number of ether oxygens (including phenoxy) is 1. The molecule has 4 rings (SSSR count). The van der Waals surface area contributed by atoms with Crippen molar-refractivity contribution in [1.29, 1.82) is 0 Å². The largest absolute Gasteiger partial charge is 0.482 e. The standard InChI is InChI=1S/C18H13N3O3/c22-16-10-24-15-9-12(5-6-14(15)21-16)20-18(23)17-13-4-2-1-3-11(13)7-8-19-17/h1-9H,10H2,(H,20,23)(H,21,22). The molecule has 0 aliphatic carbocycles. The Balaban J connectivity index is 1.63. The lowest BCUT2D eigenvalue weighted by atomic mass is 10.1. The molecule has 2 aromatic carbocycles. The third-order valence-electron chi connectivity index (χ3n) is 3.76. The topological polar surface area (TPSA) is 80.3 Å². The van der Waals surface area contributed by atoms with Crippen LogP contribution in [0.2, 0.25) is 0 Å². The van der Waals surface area contributed by atoms with E-state index in [4.69, 9.17) is 4.74 Å². The van der Waals surface area contributed by atoms with E-state index < -0.39 is 0 Å². The van der Waals surface area contributed by atoms with Gasteiger partial charge in [-0.1, -0.05) is 24.3 Å². The van der Waals surface area contributed by atoms with Crippen LogP contribution in [0.15, 0.2) is 54.7 Å². The van der Waals surface area contributed by atoms with Gasteiger partial charge in [0, 0.05) is 23.3 Å². The molecule has 118 valence electrons. The van der Waals surface area contributed by atoms with Crippen molar-refractivity contribution in [2.75, 3.05) is 17.2 Å². The summed E-state index contributed by atoms with van der Waals surface area (Å²) in [5.74, 6) is 0.0316. The molecule has 0 unspecified atom stereocenters. The molecule has 24 heavy (non-hydrogen) atoms. The molecule has 1 aliphatic heterocycles. The van der Waals surface area contributed by atoms with Crippen LogP contribution >= 0.6 is 0 Å². The van der Waals surface area contributed by atoms with Crippen LogP contribution in [0.1, 0.15) is 10.5 Å². The van der Waals surface area contributed by atoms with Gasteiger partial charge in [0.1, 0.15) is 11.4 Å². The number of carbonyl (C=O) groups is 2. The first kappa shape index (κ1) is 14.2. The predicted octanol–water partition coefficient (Wildman–Crippen LogP) is 2.82. The van der Waals surface area contributed by atoms with E-state index in [1.165, 1.54) is 0 Å². The number of rotatable bonds is 2. The van der Waals surface area contributed by atoms with E-state index in [1.807, 2.05) is 30.3 Å². The number of fused-ring (bicyclic) bond motifs is 2. The number of hydrogen-bond donors (Lipinski definition) is 2. The van der Waals surface area contributed by atoms with Gasteiger partial charge in [0.15, 0.2) is 6.61 Å². The third-order valence-corrected chi connectivity index (χ3v) is 3.76. The maximum absolute atomic E-state index is 12.6. The molecule has 0 saturated carbocycles. The number of aromatic nitrogens is 1. The molecule has 0 saturated heterocycles. The van der Waals surface area contributed by atoms with Crippen LogP contribution in [-0.4, -0.2) is 23.4 Å². The molecule has 2 amide bonds. The Morgan fingerprint density at radius 2 is 2.04 bits per heavy atom. The number of benzene rings is 2. The Labute approximate surface area is 137 Å². The first-order valence-corrected chi connectivity index (χ1v) is 7.42. The number of nitrogens with zero attached hydrogens (tertiary/aromatic N) is 1. The predicted molar refractivity (Wildman–Crippen MR) is 90.3 cm³/mol. The first-order valence-electron chi connectivity index (χ1n) is 7.42. The van der Waals surface area contributed by atoms with Gasteiger partial charge in [0.25, 0.3) is 11.8 Å². The Morgan fingerprint density at radius 3 is 2.96 bits per heavy atom. The summed E-state index contributed by atoms with van der Waals surface area (Å²) in [6, 6.07) is 14.5. The molecule has 6 heteroatoms. The van der Waals surface area contributed by atoms with Gasteiger partial charge < -0.3 is 15.4 Å². The molecular formula is C18H13N3O3. The van der Waals surface area contributed by atoms with Gasteiger partial charge in [-0.05, 0) is 23.6 Å². The van der Waals surface area contributed by atoms with Crippen molar-refractivity contribution in [2.24, 2.45) is 0 Å². The zero-order valence-electron chi connectivity index (χ0n) is 12.6. The number of amides is 2. The van der Waals surface area contributed by atoms with Crippen molar-refractivity contribution in [2.45, 2.75) is 0 Å². The van der Waals surface area contributed by atoms with E-state index in [2.05, 4.69) is 15.6 Å². The number of anilines is 2. The average Bonchev–Trinajstić information content (AvgIpc) is 2.61. The van der Waals surface area contributed by atoms with Crippen LogP contribution < -0.4 is 15.4 Å². The maximum atomic E-state index is 12.6. The lowest BCUT2D eigenvalue weighted by molar-refractivity contribution is -0.118. The van der Waals surface area contributed by atoms with Crippen LogP contribution in [0.4, 0.5) is 11.4 Å². The number of nitrogens with one attached hydrogen (secondary N) is 2. The van der Waals surface area contributed by atoms with E-state index in [0.29, 0.717) is 22.8 Å². The second-order valence-corrected chi connectivity index (χ2v) is 5.38. The highest BCUT2D eigenvalue weighted by Gasteiger charge is 2.17. The minimum Gasteiger partial charge on any atom is -0.482 e. The minimum absolute atomic E-state index is 0.0325. The SMILES string of the molecule is O=C1COc2cc(NC(=O)c3nccc4ccccc34)ccc2N1. The van der Waals surface area contributed by atoms with Gasteiger partial charge in [0.05, 0.1) is 5.69 Å². The lowest BCUT2D eigenvalue weighted by Crippen LogP contribution is -2.25. The van der Waals surface area contributed by atoms with Crippen LogP contribution in [-0.2, 0) is 4.79 Å². The second-order valence-electron chi connectivity index (χ2n) is 5.38. The molecule has 0 fully saturated rings. The van der Waals surface area contributed by atoms with Crippen LogP contribution in [0.5, 0.6) is 5.75 Å². The summed E-state index contributed by atoms with van der Waals surface area (Å²) < 4.78 is 5.35. The third kappa shape index (κ3) is 2.54. The summed E-state index contributed by atoms with van der Waals surface area (Å²) in [7, 11) is 0.